The molecule has 2 aliphatic rings. The number of rotatable bonds is 6. The van der Waals surface area contributed by atoms with Crippen LogP contribution in [0.2, 0.25) is 0 Å². The van der Waals surface area contributed by atoms with Gasteiger partial charge < -0.3 is 25.3 Å². The molecule has 0 bridgehead atoms. The Balaban J connectivity index is 0.00000304. The van der Waals surface area contributed by atoms with Gasteiger partial charge in [0.15, 0.2) is 11.5 Å². The van der Waals surface area contributed by atoms with Crippen LogP contribution in [0.5, 0.6) is 17.2 Å². The fourth-order valence-corrected chi connectivity index (χ4v) is 4.08. The fourth-order valence-electron chi connectivity index (χ4n) is 4.08. The van der Waals surface area contributed by atoms with Gasteiger partial charge in [-0.3, -0.25) is 9.59 Å². The number of carbonyl (C=O) groups is 2. The van der Waals surface area contributed by atoms with Gasteiger partial charge in [0.1, 0.15) is 5.75 Å². The number of amides is 2. The lowest BCUT2D eigenvalue weighted by Gasteiger charge is -2.18. The van der Waals surface area contributed by atoms with Crippen molar-refractivity contribution in [2.75, 3.05) is 12.1 Å². The molecule has 35 heavy (non-hydrogen) atoms. The van der Waals surface area contributed by atoms with Gasteiger partial charge in [-0.25, -0.2) is 0 Å². The van der Waals surface area contributed by atoms with Crippen molar-refractivity contribution in [3.63, 3.8) is 0 Å². The van der Waals surface area contributed by atoms with Crippen molar-refractivity contribution in [2.45, 2.75) is 24.6 Å². The fraction of sp³-hybridized carbons (Fsp3) is 0.200. The summed E-state index contributed by atoms with van der Waals surface area (Å²) >= 11 is 0. The van der Waals surface area contributed by atoms with Crippen LogP contribution in [0.4, 0.5) is 18.9 Å². The lowest BCUT2D eigenvalue weighted by Crippen LogP contribution is -2.27. The first-order valence-electron chi connectivity index (χ1n) is 10.7. The van der Waals surface area contributed by atoms with E-state index in [4.69, 9.17) is 15.2 Å². The Hall–Kier alpha value is -4.21. The highest BCUT2D eigenvalue weighted by molar-refractivity contribution is 6.02. The number of alkyl halides is 3. The Labute approximate surface area is 199 Å². The van der Waals surface area contributed by atoms with Crippen molar-refractivity contribution in [3.8, 4) is 28.4 Å². The molecule has 1 aliphatic heterocycles. The zero-order valence-corrected chi connectivity index (χ0v) is 18.1. The standard InChI is InChI=1S/C25H19F3N2O5.H2/c26-25(27,28)35-19-8-6-17(12-18(19)14-1-3-15(4-2-14)22(29)31)30-23(32)24(9-10-24)16-5-7-20-21(11-16)34-13-33-20;/h1-8,11-12H,9-10,13H2,(H2,29,31)(H,30,32);1H. The molecule has 1 aliphatic carbocycles. The summed E-state index contributed by atoms with van der Waals surface area (Å²) in [5.74, 6) is -0.216. The molecular formula is C25H21F3N2O5. The van der Waals surface area contributed by atoms with E-state index < -0.39 is 23.4 Å². The predicted octanol–water partition coefficient (Wildman–Crippen LogP) is 5.00. The molecule has 0 radical (unpaired) electrons. The van der Waals surface area contributed by atoms with Crippen LogP contribution >= 0.6 is 0 Å². The largest absolute Gasteiger partial charge is 0.573 e. The summed E-state index contributed by atoms with van der Waals surface area (Å²) < 4.78 is 53.9. The van der Waals surface area contributed by atoms with Crippen LogP contribution in [-0.4, -0.2) is 25.0 Å². The average molecular weight is 486 g/mol. The first kappa shape index (κ1) is 22.6. The number of benzene rings is 3. The smallest absolute Gasteiger partial charge is 0.454 e. The maximum atomic E-state index is 13.2. The van der Waals surface area contributed by atoms with Gasteiger partial charge in [-0.1, -0.05) is 18.2 Å². The van der Waals surface area contributed by atoms with Gasteiger partial charge in [0, 0.05) is 18.2 Å². The first-order valence-corrected chi connectivity index (χ1v) is 10.7. The van der Waals surface area contributed by atoms with E-state index in [1.807, 2.05) is 6.07 Å². The highest BCUT2D eigenvalue weighted by atomic mass is 19.4. The molecule has 1 fully saturated rings. The van der Waals surface area contributed by atoms with Gasteiger partial charge in [-0.05, 0) is 66.4 Å². The van der Waals surface area contributed by atoms with Crippen molar-refractivity contribution in [1.82, 2.24) is 0 Å². The number of fused-ring (bicyclic) bond motifs is 1. The van der Waals surface area contributed by atoms with E-state index in [0.29, 0.717) is 35.6 Å². The van der Waals surface area contributed by atoms with Crippen molar-refractivity contribution < 1.29 is 38.4 Å². The summed E-state index contributed by atoms with van der Waals surface area (Å²) in [6, 6.07) is 14.9. The lowest BCUT2D eigenvalue weighted by atomic mass is 9.94. The Morgan fingerprint density at radius 3 is 2.34 bits per heavy atom. The quantitative estimate of drug-likeness (QED) is 0.511. The third kappa shape index (κ3) is 4.46. The van der Waals surface area contributed by atoms with Gasteiger partial charge >= 0.3 is 6.36 Å². The third-order valence-corrected chi connectivity index (χ3v) is 6.05. The Bertz CT molecular complexity index is 1320. The zero-order chi connectivity index (χ0) is 24.8. The maximum absolute atomic E-state index is 13.2. The summed E-state index contributed by atoms with van der Waals surface area (Å²) in [4.78, 5) is 24.6. The summed E-state index contributed by atoms with van der Waals surface area (Å²) in [7, 11) is 0. The molecular weight excluding hydrogens is 465 g/mol. The van der Waals surface area contributed by atoms with Crippen molar-refractivity contribution in [2.24, 2.45) is 5.73 Å². The van der Waals surface area contributed by atoms with Crippen LogP contribution in [0.25, 0.3) is 11.1 Å². The minimum atomic E-state index is -4.91. The highest BCUT2D eigenvalue weighted by Gasteiger charge is 2.51. The summed E-state index contributed by atoms with van der Waals surface area (Å²) in [5, 5.41) is 2.82. The van der Waals surface area contributed by atoms with E-state index in [9.17, 15) is 22.8 Å². The molecule has 182 valence electrons. The molecule has 10 heteroatoms. The second-order valence-corrected chi connectivity index (χ2v) is 8.30. The molecule has 0 atom stereocenters. The number of primary amides is 1. The number of nitrogens with one attached hydrogen (secondary N) is 1. The van der Waals surface area contributed by atoms with Crippen LogP contribution in [0.1, 0.15) is 30.2 Å². The summed E-state index contributed by atoms with van der Waals surface area (Å²) in [5.41, 5.74) is 6.20. The summed E-state index contributed by atoms with van der Waals surface area (Å²) in [6.45, 7) is 0.119. The normalized spacial score (nSPS) is 15.4. The van der Waals surface area contributed by atoms with E-state index in [1.54, 1.807) is 12.1 Å². The number of nitrogens with two attached hydrogens (primary N) is 1. The van der Waals surface area contributed by atoms with Gasteiger partial charge in [0.2, 0.25) is 18.6 Å². The molecule has 0 spiro atoms. The second kappa shape index (κ2) is 8.23. The number of ether oxygens (including phenoxy) is 3. The van der Waals surface area contributed by atoms with Crippen LogP contribution < -0.4 is 25.3 Å². The number of hydrogen-bond donors (Lipinski definition) is 2. The van der Waals surface area contributed by atoms with Gasteiger partial charge in [0.25, 0.3) is 0 Å². The topological polar surface area (TPSA) is 99.9 Å². The number of halogens is 3. The van der Waals surface area contributed by atoms with Crippen molar-refractivity contribution in [3.05, 3.63) is 71.8 Å². The predicted molar refractivity (Wildman–Crippen MR) is 121 cm³/mol. The van der Waals surface area contributed by atoms with Gasteiger partial charge in [-0.2, -0.15) is 0 Å². The maximum Gasteiger partial charge on any atom is 0.573 e. The Morgan fingerprint density at radius 2 is 1.69 bits per heavy atom. The zero-order valence-electron chi connectivity index (χ0n) is 18.1. The molecule has 3 aromatic carbocycles. The Morgan fingerprint density at radius 1 is 0.971 bits per heavy atom. The third-order valence-electron chi connectivity index (χ3n) is 6.05. The molecule has 1 heterocycles. The number of carbonyl (C=O) groups excluding carboxylic acids is 2. The van der Waals surface area contributed by atoms with Crippen molar-refractivity contribution in [1.29, 1.82) is 0 Å². The summed E-state index contributed by atoms with van der Waals surface area (Å²) in [6.07, 6.45) is -3.67. The van der Waals surface area contributed by atoms with E-state index in [0.717, 1.165) is 11.6 Å². The van der Waals surface area contributed by atoms with E-state index in [1.165, 1.54) is 36.4 Å². The van der Waals surface area contributed by atoms with Crippen LogP contribution in [0.3, 0.4) is 0 Å². The minimum absolute atomic E-state index is 0. The molecule has 2 amide bonds. The van der Waals surface area contributed by atoms with E-state index in [2.05, 4.69) is 10.1 Å². The molecule has 0 aromatic heterocycles. The number of hydrogen-bond acceptors (Lipinski definition) is 5. The SMILES string of the molecule is NC(=O)c1ccc(-c2cc(NC(=O)C3(c4ccc5c(c4)OCO5)CC3)ccc2OC(F)(F)F)cc1.[HH]. The molecule has 1 saturated carbocycles. The molecule has 3 N–H and O–H groups in total. The number of anilines is 1. The monoisotopic (exact) mass is 486 g/mol. The van der Waals surface area contributed by atoms with Gasteiger partial charge in [0.05, 0.1) is 5.41 Å². The Kier molecular flexibility index (Phi) is 5.31. The van der Waals surface area contributed by atoms with Crippen LogP contribution in [0.15, 0.2) is 60.7 Å². The van der Waals surface area contributed by atoms with Crippen molar-refractivity contribution >= 4 is 17.5 Å². The first-order chi connectivity index (χ1) is 16.6. The second-order valence-electron chi connectivity index (χ2n) is 8.30. The van der Waals surface area contributed by atoms with E-state index >= 15 is 0 Å². The molecule has 0 unspecified atom stereocenters. The lowest BCUT2D eigenvalue weighted by molar-refractivity contribution is -0.274. The highest BCUT2D eigenvalue weighted by Crippen LogP contribution is 2.51. The molecule has 0 saturated heterocycles. The van der Waals surface area contributed by atoms with Gasteiger partial charge in [-0.15, -0.1) is 13.2 Å². The minimum Gasteiger partial charge on any atom is -0.454 e. The molecule has 5 rings (SSSR count). The van der Waals surface area contributed by atoms with E-state index in [-0.39, 0.29) is 25.3 Å². The average Bonchev–Trinajstić information content (AvgIpc) is 3.50. The van der Waals surface area contributed by atoms with Crippen LogP contribution in [0, 0.1) is 0 Å². The van der Waals surface area contributed by atoms with Crippen LogP contribution in [-0.2, 0) is 10.2 Å². The molecule has 7 nitrogen and oxygen atoms in total. The molecule has 3 aromatic rings.